The molecule has 4 fully saturated rings. The van der Waals surface area contributed by atoms with E-state index in [1.165, 1.54) is 32.1 Å². The van der Waals surface area contributed by atoms with E-state index in [1.54, 1.807) is 18.6 Å². The first-order valence-corrected chi connectivity index (χ1v) is 7.71. The smallest absolute Gasteiger partial charge is 0.312 e. The molecule has 1 unspecified atom stereocenters. The van der Waals surface area contributed by atoms with Gasteiger partial charge in [0, 0.05) is 18.6 Å². The van der Waals surface area contributed by atoms with Gasteiger partial charge in [0.25, 0.3) is 0 Å². The van der Waals surface area contributed by atoms with Gasteiger partial charge < -0.3 is 5.11 Å². The van der Waals surface area contributed by atoms with Crippen LogP contribution in [0.4, 0.5) is 0 Å². The van der Waals surface area contributed by atoms with E-state index in [2.05, 4.69) is 9.97 Å². The molecule has 106 valence electrons. The molecule has 4 nitrogen and oxygen atoms in total. The summed E-state index contributed by atoms with van der Waals surface area (Å²) in [6.07, 6.45) is 11.2. The van der Waals surface area contributed by atoms with Crippen LogP contribution in [0.15, 0.2) is 18.6 Å². The van der Waals surface area contributed by atoms with Crippen LogP contribution >= 0.6 is 0 Å². The minimum atomic E-state index is -0.719. The third-order valence-corrected chi connectivity index (χ3v) is 5.85. The molecule has 4 bridgehead atoms. The molecular weight excluding hydrogens is 252 g/mol. The second-order valence-electron chi connectivity index (χ2n) is 6.95. The predicted molar refractivity (Wildman–Crippen MR) is 72.9 cm³/mol. The lowest BCUT2D eigenvalue weighted by Gasteiger charge is -2.55. The molecule has 4 heteroatoms. The van der Waals surface area contributed by atoms with Crippen molar-refractivity contribution in [2.45, 2.75) is 38.0 Å². The normalized spacial score (nSPS) is 39.7. The van der Waals surface area contributed by atoms with E-state index in [1.807, 2.05) is 0 Å². The Kier molecular flexibility index (Phi) is 2.79. The number of carbonyl (C=O) groups is 1. The van der Waals surface area contributed by atoms with Crippen LogP contribution in [0.2, 0.25) is 0 Å². The van der Waals surface area contributed by atoms with Gasteiger partial charge in [-0.15, -0.1) is 0 Å². The third kappa shape index (κ3) is 1.85. The van der Waals surface area contributed by atoms with Crippen molar-refractivity contribution in [2.75, 3.05) is 0 Å². The zero-order valence-electron chi connectivity index (χ0n) is 11.5. The molecule has 4 aliphatic rings. The van der Waals surface area contributed by atoms with Gasteiger partial charge in [-0.2, -0.15) is 0 Å². The zero-order valence-corrected chi connectivity index (χ0v) is 11.5. The number of carboxylic acid groups (broad SMARTS) is 1. The van der Waals surface area contributed by atoms with E-state index in [-0.39, 0.29) is 5.92 Å². The average Bonchev–Trinajstić information content (AvgIpc) is 2.42. The fourth-order valence-corrected chi connectivity index (χ4v) is 5.47. The van der Waals surface area contributed by atoms with Crippen molar-refractivity contribution in [1.29, 1.82) is 0 Å². The first-order valence-electron chi connectivity index (χ1n) is 7.71. The Morgan fingerprint density at radius 2 is 1.75 bits per heavy atom. The number of aromatic nitrogens is 2. The first kappa shape index (κ1) is 12.3. The molecule has 1 atom stereocenters. The topological polar surface area (TPSA) is 63.1 Å². The van der Waals surface area contributed by atoms with Crippen LogP contribution in [0.3, 0.4) is 0 Å². The molecule has 1 aromatic heterocycles. The molecule has 0 aliphatic heterocycles. The standard InChI is InChI=1S/C16H20N2O2/c19-16(20)15(13-8-17-1-2-18-13)14-11-4-9-3-10(6-11)7-12(14)5-9/h1-2,8-12,14-15H,3-7H2,(H,19,20). The lowest BCUT2D eigenvalue weighted by molar-refractivity contribution is -0.145. The number of hydrogen-bond donors (Lipinski definition) is 1. The molecule has 1 N–H and O–H groups in total. The van der Waals surface area contributed by atoms with E-state index in [4.69, 9.17) is 0 Å². The van der Waals surface area contributed by atoms with Gasteiger partial charge in [0.1, 0.15) is 5.92 Å². The number of nitrogens with zero attached hydrogens (tertiary/aromatic N) is 2. The third-order valence-electron chi connectivity index (χ3n) is 5.85. The van der Waals surface area contributed by atoms with Crippen molar-refractivity contribution >= 4 is 5.97 Å². The van der Waals surface area contributed by atoms with E-state index in [0.29, 0.717) is 17.5 Å². The van der Waals surface area contributed by atoms with Gasteiger partial charge in [-0.25, -0.2) is 0 Å². The van der Waals surface area contributed by atoms with E-state index < -0.39 is 11.9 Å². The highest BCUT2D eigenvalue weighted by molar-refractivity contribution is 5.76. The molecule has 5 rings (SSSR count). The van der Waals surface area contributed by atoms with Crippen molar-refractivity contribution in [2.24, 2.45) is 29.6 Å². The second kappa shape index (κ2) is 4.54. The van der Waals surface area contributed by atoms with Gasteiger partial charge in [-0.1, -0.05) is 0 Å². The minimum absolute atomic E-state index is 0.275. The maximum atomic E-state index is 11.9. The fraction of sp³-hybridized carbons (Fsp3) is 0.688. The maximum Gasteiger partial charge on any atom is 0.312 e. The van der Waals surface area contributed by atoms with Gasteiger partial charge in [0.15, 0.2) is 0 Å². The van der Waals surface area contributed by atoms with Crippen LogP contribution in [0.5, 0.6) is 0 Å². The van der Waals surface area contributed by atoms with Crippen LogP contribution in [0, 0.1) is 29.6 Å². The van der Waals surface area contributed by atoms with Crippen molar-refractivity contribution in [3.63, 3.8) is 0 Å². The molecule has 4 aliphatic carbocycles. The number of hydrogen-bond acceptors (Lipinski definition) is 3. The fourth-order valence-electron chi connectivity index (χ4n) is 5.47. The predicted octanol–water partition coefficient (Wildman–Crippen LogP) is 2.72. The largest absolute Gasteiger partial charge is 0.481 e. The summed E-state index contributed by atoms with van der Waals surface area (Å²) in [5.41, 5.74) is 0.650. The van der Waals surface area contributed by atoms with Crippen molar-refractivity contribution in [3.05, 3.63) is 24.3 Å². The summed E-state index contributed by atoms with van der Waals surface area (Å²) >= 11 is 0. The van der Waals surface area contributed by atoms with Crippen molar-refractivity contribution < 1.29 is 9.90 Å². The molecule has 4 saturated carbocycles. The maximum absolute atomic E-state index is 11.9. The molecule has 0 spiro atoms. The van der Waals surface area contributed by atoms with Gasteiger partial charge >= 0.3 is 5.97 Å². The van der Waals surface area contributed by atoms with Crippen LogP contribution in [0.1, 0.15) is 43.7 Å². The van der Waals surface area contributed by atoms with E-state index in [9.17, 15) is 9.90 Å². The monoisotopic (exact) mass is 272 g/mol. The molecule has 0 aromatic carbocycles. The summed E-state index contributed by atoms with van der Waals surface area (Å²) in [6, 6.07) is 0. The number of rotatable bonds is 3. The lowest BCUT2D eigenvalue weighted by atomic mass is 9.49. The molecule has 1 aromatic rings. The number of carboxylic acids is 1. The van der Waals surface area contributed by atoms with Crippen LogP contribution < -0.4 is 0 Å². The highest BCUT2D eigenvalue weighted by atomic mass is 16.4. The highest BCUT2D eigenvalue weighted by Crippen LogP contribution is 2.59. The molecule has 1 heterocycles. The minimum Gasteiger partial charge on any atom is -0.481 e. The van der Waals surface area contributed by atoms with Gasteiger partial charge in [-0.05, 0) is 61.7 Å². The van der Waals surface area contributed by atoms with Crippen LogP contribution in [-0.4, -0.2) is 21.0 Å². The molecular formula is C16H20N2O2. The summed E-state index contributed by atoms with van der Waals surface area (Å²) in [7, 11) is 0. The lowest BCUT2D eigenvalue weighted by Crippen LogP contribution is -2.48. The Morgan fingerprint density at radius 1 is 1.10 bits per heavy atom. The zero-order chi connectivity index (χ0) is 13.7. The molecule has 0 saturated heterocycles. The summed E-state index contributed by atoms with van der Waals surface area (Å²) in [5.74, 6) is 2.01. The first-order chi connectivity index (χ1) is 9.72. The quantitative estimate of drug-likeness (QED) is 0.919. The summed E-state index contributed by atoms with van der Waals surface area (Å²) in [4.78, 5) is 20.2. The van der Waals surface area contributed by atoms with E-state index in [0.717, 1.165) is 11.8 Å². The Balaban J connectivity index is 1.69. The van der Waals surface area contributed by atoms with Gasteiger partial charge in [-0.3, -0.25) is 14.8 Å². The average molecular weight is 272 g/mol. The Labute approximate surface area is 118 Å². The van der Waals surface area contributed by atoms with Gasteiger partial charge in [0.2, 0.25) is 0 Å². The van der Waals surface area contributed by atoms with E-state index >= 15 is 0 Å². The summed E-state index contributed by atoms with van der Waals surface area (Å²) in [5, 5.41) is 9.74. The molecule has 20 heavy (non-hydrogen) atoms. The SMILES string of the molecule is O=C(O)C(c1cnccn1)C1C2CC3CC(C2)CC1C3. The van der Waals surface area contributed by atoms with Crippen LogP contribution in [0.25, 0.3) is 0 Å². The Hall–Kier alpha value is -1.45. The highest BCUT2D eigenvalue weighted by Gasteiger charge is 2.52. The van der Waals surface area contributed by atoms with Crippen molar-refractivity contribution in [3.8, 4) is 0 Å². The van der Waals surface area contributed by atoms with Gasteiger partial charge in [0.05, 0.1) is 5.69 Å². The number of aliphatic carboxylic acids is 1. The summed E-state index contributed by atoms with van der Waals surface area (Å²) < 4.78 is 0. The molecule has 0 amide bonds. The Morgan fingerprint density at radius 3 is 2.25 bits per heavy atom. The van der Waals surface area contributed by atoms with Crippen LogP contribution in [-0.2, 0) is 4.79 Å². The van der Waals surface area contributed by atoms with Crippen molar-refractivity contribution in [1.82, 2.24) is 9.97 Å². The Bertz CT molecular complexity index is 488. The summed E-state index contributed by atoms with van der Waals surface area (Å²) in [6.45, 7) is 0. The molecule has 0 radical (unpaired) electrons. The second-order valence-corrected chi connectivity index (χ2v) is 6.95.